The van der Waals surface area contributed by atoms with Gasteiger partial charge in [0.1, 0.15) is 5.75 Å². The number of benzene rings is 2. The molecule has 0 spiro atoms. The number of ether oxygens (including phenoxy) is 1. The van der Waals surface area contributed by atoms with Gasteiger partial charge in [0.15, 0.2) is 0 Å². The molecule has 0 unspecified atom stereocenters. The van der Waals surface area contributed by atoms with Crippen LogP contribution in [0.25, 0.3) is 0 Å². The number of amides is 1. The molecule has 2 aromatic rings. The molecule has 0 atom stereocenters. The molecule has 0 aromatic heterocycles. The Kier molecular flexibility index (Phi) is 7.83. The second-order valence-electron chi connectivity index (χ2n) is 5.93. The van der Waals surface area contributed by atoms with Crippen molar-refractivity contribution < 1.29 is 17.9 Å². The third-order valence-electron chi connectivity index (χ3n) is 3.78. The molecule has 0 aliphatic carbocycles. The van der Waals surface area contributed by atoms with Gasteiger partial charge in [-0.3, -0.25) is 9.10 Å². The maximum Gasteiger partial charge on any atom is 0.232 e. The first-order chi connectivity index (χ1) is 13.1. The van der Waals surface area contributed by atoms with Crippen molar-refractivity contribution in [3.63, 3.8) is 0 Å². The first-order valence-electron chi connectivity index (χ1n) is 8.18. The third-order valence-corrected chi connectivity index (χ3v) is 5.81. The molecule has 10 heteroatoms. The predicted molar refractivity (Wildman–Crippen MR) is 115 cm³/mol. The van der Waals surface area contributed by atoms with Gasteiger partial charge in [-0.05, 0) is 42.8 Å². The van der Waals surface area contributed by atoms with Crippen molar-refractivity contribution in [3.8, 4) is 5.75 Å². The Hall–Kier alpha value is -1.67. The zero-order chi connectivity index (χ0) is 20.9. The molecule has 0 fully saturated rings. The van der Waals surface area contributed by atoms with E-state index in [0.29, 0.717) is 21.5 Å². The highest BCUT2D eigenvalue weighted by molar-refractivity contribution is 7.92. The van der Waals surface area contributed by atoms with Crippen LogP contribution in [0.5, 0.6) is 5.75 Å². The van der Waals surface area contributed by atoms with Gasteiger partial charge in [-0.1, -0.05) is 34.8 Å². The van der Waals surface area contributed by atoms with Gasteiger partial charge in [-0.15, -0.1) is 0 Å². The first kappa shape index (κ1) is 22.6. The van der Waals surface area contributed by atoms with E-state index >= 15 is 0 Å². The lowest BCUT2D eigenvalue weighted by molar-refractivity contribution is -0.116. The molecule has 2 rings (SSSR count). The van der Waals surface area contributed by atoms with Crippen molar-refractivity contribution in [1.82, 2.24) is 0 Å². The largest absolute Gasteiger partial charge is 0.495 e. The standard InChI is InChI=1S/C18H19Cl3N2O4S/c1-27-17-8-6-13(11-15(17)21)22-18(24)4-3-9-23(28(2,25)26)16-10-12(19)5-7-14(16)20/h5-8,10-11H,3-4,9H2,1-2H3,(H,22,24). The summed E-state index contributed by atoms with van der Waals surface area (Å²) in [7, 11) is -2.10. The average Bonchev–Trinajstić information content (AvgIpc) is 2.60. The number of halogens is 3. The lowest BCUT2D eigenvalue weighted by Gasteiger charge is -2.23. The third kappa shape index (κ3) is 6.17. The van der Waals surface area contributed by atoms with E-state index in [1.807, 2.05) is 0 Å². The molecule has 2 aromatic carbocycles. The van der Waals surface area contributed by atoms with Gasteiger partial charge in [0.2, 0.25) is 15.9 Å². The lowest BCUT2D eigenvalue weighted by Crippen LogP contribution is -2.31. The van der Waals surface area contributed by atoms with Crippen LogP contribution in [0.1, 0.15) is 12.8 Å². The van der Waals surface area contributed by atoms with Crippen LogP contribution in [0.15, 0.2) is 36.4 Å². The summed E-state index contributed by atoms with van der Waals surface area (Å²) in [5, 5.41) is 3.71. The number of carbonyl (C=O) groups excluding carboxylic acids is 1. The van der Waals surface area contributed by atoms with Crippen LogP contribution in [0.3, 0.4) is 0 Å². The number of hydrogen-bond acceptors (Lipinski definition) is 4. The Balaban J connectivity index is 2.01. The molecule has 1 N–H and O–H groups in total. The summed E-state index contributed by atoms with van der Waals surface area (Å²) < 4.78 is 30.5. The zero-order valence-electron chi connectivity index (χ0n) is 15.2. The highest BCUT2D eigenvalue weighted by Gasteiger charge is 2.20. The van der Waals surface area contributed by atoms with Crippen molar-refractivity contribution in [2.24, 2.45) is 0 Å². The number of nitrogens with one attached hydrogen (secondary N) is 1. The number of nitrogens with zero attached hydrogens (tertiary/aromatic N) is 1. The summed E-state index contributed by atoms with van der Waals surface area (Å²) >= 11 is 18.1. The van der Waals surface area contributed by atoms with Crippen LogP contribution >= 0.6 is 34.8 Å². The molecular formula is C18H19Cl3N2O4S. The van der Waals surface area contributed by atoms with E-state index in [1.54, 1.807) is 24.3 Å². The van der Waals surface area contributed by atoms with Gasteiger partial charge in [0.25, 0.3) is 0 Å². The molecule has 6 nitrogen and oxygen atoms in total. The van der Waals surface area contributed by atoms with E-state index in [1.165, 1.54) is 19.2 Å². The van der Waals surface area contributed by atoms with Crippen molar-refractivity contribution >= 4 is 62.1 Å². The topological polar surface area (TPSA) is 75.7 Å². The quantitative estimate of drug-likeness (QED) is 0.605. The molecule has 0 bridgehead atoms. The van der Waals surface area contributed by atoms with E-state index in [0.717, 1.165) is 10.6 Å². The SMILES string of the molecule is COc1ccc(NC(=O)CCCN(c2cc(Cl)ccc2Cl)S(C)(=O)=O)cc1Cl. The van der Waals surface area contributed by atoms with Crippen LogP contribution in [0, 0.1) is 0 Å². The van der Waals surface area contributed by atoms with Crippen molar-refractivity contribution in [2.75, 3.05) is 29.5 Å². The van der Waals surface area contributed by atoms with Gasteiger partial charge < -0.3 is 10.1 Å². The lowest BCUT2D eigenvalue weighted by atomic mass is 10.2. The molecule has 0 saturated heterocycles. The first-order valence-corrected chi connectivity index (χ1v) is 11.2. The van der Waals surface area contributed by atoms with Crippen LogP contribution < -0.4 is 14.4 Å². The minimum atomic E-state index is -3.60. The van der Waals surface area contributed by atoms with E-state index in [4.69, 9.17) is 39.5 Å². The Labute approximate surface area is 179 Å². The summed E-state index contributed by atoms with van der Waals surface area (Å²) in [6, 6.07) is 9.46. The van der Waals surface area contributed by atoms with Gasteiger partial charge >= 0.3 is 0 Å². The summed E-state index contributed by atoms with van der Waals surface area (Å²) in [6.07, 6.45) is 1.46. The van der Waals surface area contributed by atoms with E-state index in [2.05, 4.69) is 5.32 Å². The minimum Gasteiger partial charge on any atom is -0.495 e. The number of carbonyl (C=O) groups is 1. The number of rotatable bonds is 8. The number of methoxy groups -OCH3 is 1. The number of sulfonamides is 1. The molecule has 28 heavy (non-hydrogen) atoms. The second kappa shape index (κ2) is 9.69. The predicted octanol–water partition coefficient (Wildman–Crippen LogP) is 4.84. The number of anilines is 2. The highest BCUT2D eigenvalue weighted by Crippen LogP contribution is 2.31. The maximum atomic E-state index is 12.2. The van der Waals surface area contributed by atoms with Crippen molar-refractivity contribution in [3.05, 3.63) is 51.5 Å². The molecule has 0 heterocycles. The normalized spacial score (nSPS) is 11.2. The summed E-state index contributed by atoms with van der Waals surface area (Å²) in [5.74, 6) is 0.230. The average molecular weight is 466 g/mol. The molecule has 0 saturated carbocycles. The van der Waals surface area contributed by atoms with Crippen LogP contribution in [-0.4, -0.2) is 34.2 Å². The Morgan fingerprint density at radius 2 is 1.82 bits per heavy atom. The number of hydrogen-bond donors (Lipinski definition) is 1. The van der Waals surface area contributed by atoms with Gasteiger partial charge in [0, 0.05) is 23.7 Å². The van der Waals surface area contributed by atoms with Crippen molar-refractivity contribution in [1.29, 1.82) is 0 Å². The monoisotopic (exact) mass is 464 g/mol. The molecular weight excluding hydrogens is 447 g/mol. The van der Waals surface area contributed by atoms with E-state index < -0.39 is 10.0 Å². The fourth-order valence-corrected chi connectivity index (χ4v) is 4.16. The maximum absolute atomic E-state index is 12.2. The van der Waals surface area contributed by atoms with Crippen LogP contribution in [0.4, 0.5) is 11.4 Å². The Morgan fingerprint density at radius 1 is 1.11 bits per heavy atom. The zero-order valence-corrected chi connectivity index (χ0v) is 18.3. The van der Waals surface area contributed by atoms with E-state index in [9.17, 15) is 13.2 Å². The van der Waals surface area contributed by atoms with Crippen LogP contribution in [-0.2, 0) is 14.8 Å². The minimum absolute atomic E-state index is 0.0791. The fraction of sp³-hybridized carbons (Fsp3) is 0.278. The molecule has 152 valence electrons. The van der Waals surface area contributed by atoms with Crippen LogP contribution in [0.2, 0.25) is 15.1 Å². The van der Waals surface area contributed by atoms with E-state index in [-0.39, 0.29) is 36.0 Å². The fourth-order valence-electron chi connectivity index (χ4n) is 2.49. The Morgan fingerprint density at radius 3 is 2.43 bits per heavy atom. The smallest absolute Gasteiger partial charge is 0.232 e. The molecule has 0 radical (unpaired) electrons. The summed E-state index contributed by atoms with van der Waals surface area (Å²) in [4.78, 5) is 12.2. The van der Waals surface area contributed by atoms with Gasteiger partial charge in [-0.2, -0.15) is 0 Å². The summed E-state index contributed by atoms with van der Waals surface area (Å²) in [6.45, 7) is 0.0791. The molecule has 1 amide bonds. The molecule has 0 aliphatic rings. The summed E-state index contributed by atoms with van der Waals surface area (Å²) in [5.41, 5.74) is 0.799. The van der Waals surface area contributed by atoms with Crippen molar-refractivity contribution in [2.45, 2.75) is 12.8 Å². The van der Waals surface area contributed by atoms with Gasteiger partial charge in [-0.25, -0.2) is 8.42 Å². The Bertz CT molecular complexity index is 967. The highest BCUT2D eigenvalue weighted by atomic mass is 35.5. The second-order valence-corrected chi connectivity index (χ2v) is 9.09. The van der Waals surface area contributed by atoms with Gasteiger partial charge in [0.05, 0.1) is 29.1 Å². The molecule has 0 aliphatic heterocycles.